The average molecular weight is 303 g/mol. The molecule has 0 spiro atoms. The summed E-state index contributed by atoms with van der Waals surface area (Å²) in [4.78, 5) is 8.39. The third-order valence-corrected chi connectivity index (χ3v) is 4.75. The largest absolute Gasteiger partial charge is 0.321 e. The van der Waals surface area contributed by atoms with Crippen LogP contribution in [0.2, 0.25) is 0 Å². The zero-order chi connectivity index (χ0) is 15.2. The van der Waals surface area contributed by atoms with E-state index in [1.165, 1.54) is 21.8 Å². The van der Waals surface area contributed by atoms with Crippen molar-refractivity contribution in [2.45, 2.75) is 40.2 Å². The highest BCUT2D eigenvalue weighted by molar-refractivity contribution is 7.15. The lowest BCUT2D eigenvalue weighted by atomic mass is 10.2. The van der Waals surface area contributed by atoms with Crippen LogP contribution >= 0.6 is 11.3 Å². The van der Waals surface area contributed by atoms with Gasteiger partial charge >= 0.3 is 0 Å². The van der Waals surface area contributed by atoms with Gasteiger partial charge in [0.15, 0.2) is 5.13 Å². The molecule has 1 aromatic carbocycles. The molecule has 2 rings (SSSR count). The number of aryl methyl sites for hydroxylation is 2. The van der Waals surface area contributed by atoms with Gasteiger partial charge in [0.25, 0.3) is 0 Å². The molecule has 0 saturated heterocycles. The molecule has 114 valence electrons. The van der Waals surface area contributed by atoms with E-state index in [2.05, 4.69) is 62.3 Å². The maximum absolute atomic E-state index is 4.83. The summed E-state index contributed by atoms with van der Waals surface area (Å²) in [5, 5.41) is 4.56. The number of nitrogens with one attached hydrogen (secondary N) is 1. The third kappa shape index (κ3) is 3.83. The number of hydrogen-bond acceptors (Lipinski definition) is 4. The normalized spacial score (nSPS) is 10.9. The van der Waals surface area contributed by atoms with E-state index in [4.69, 9.17) is 4.98 Å². The molecule has 0 aliphatic rings. The van der Waals surface area contributed by atoms with E-state index < -0.39 is 0 Å². The Bertz CT molecular complexity index is 577. The number of thiazole rings is 1. The topological polar surface area (TPSA) is 28.2 Å². The lowest BCUT2D eigenvalue weighted by Crippen LogP contribution is -2.13. The van der Waals surface area contributed by atoms with Crippen LogP contribution in [0.5, 0.6) is 0 Å². The fraction of sp³-hybridized carbons (Fsp3) is 0.471. The molecular weight excluding hydrogens is 278 g/mol. The second-order valence-corrected chi connectivity index (χ2v) is 6.30. The number of rotatable bonds is 7. The van der Waals surface area contributed by atoms with Gasteiger partial charge in [-0.05, 0) is 37.9 Å². The van der Waals surface area contributed by atoms with Gasteiger partial charge in [-0.15, -0.1) is 0 Å². The van der Waals surface area contributed by atoms with Crippen LogP contribution in [0, 0.1) is 6.92 Å². The van der Waals surface area contributed by atoms with Crippen LogP contribution in [-0.4, -0.2) is 18.6 Å². The lowest BCUT2D eigenvalue weighted by Gasteiger charge is -2.18. The van der Waals surface area contributed by atoms with Crippen LogP contribution in [-0.2, 0) is 13.0 Å². The highest BCUT2D eigenvalue weighted by atomic mass is 32.1. The summed E-state index contributed by atoms with van der Waals surface area (Å²) >= 11 is 1.80. The van der Waals surface area contributed by atoms with Crippen LogP contribution in [0.3, 0.4) is 0 Å². The SMILES string of the molecule is CCCNCc1sc(N(C)c2ccccc2C)nc1CC. The van der Waals surface area contributed by atoms with Crippen LogP contribution in [0.25, 0.3) is 0 Å². The van der Waals surface area contributed by atoms with E-state index in [0.717, 1.165) is 31.1 Å². The Hall–Kier alpha value is -1.39. The standard InChI is InChI=1S/C17H25N3S/c1-5-11-18-12-16-14(6-2)19-17(21-16)20(4)15-10-8-7-9-13(15)3/h7-10,18H,5-6,11-12H2,1-4H3. The molecule has 0 radical (unpaired) electrons. The summed E-state index contributed by atoms with van der Waals surface area (Å²) in [6.07, 6.45) is 2.15. The Morgan fingerprint density at radius 2 is 2.00 bits per heavy atom. The highest BCUT2D eigenvalue weighted by Gasteiger charge is 2.14. The molecule has 0 saturated carbocycles. The first-order valence-electron chi connectivity index (χ1n) is 7.66. The van der Waals surface area contributed by atoms with Gasteiger partial charge < -0.3 is 10.2 Å². The van der Waals surface area contributed by atoms with Gasteiger partial charge in [-0.3, -0.25) is 0 Å². The molecule has 0 bridgehead atoms. The number of anilines is 2. The van der Waals surface area contributed by atoms with Crippen molar-refractivity contribution in [2.75, 3.05) is 18.5 Å². The monoisotopic (exact) mass is 303 g/mol. The summed E-state index contributed by atoms with van der Waals surface area (Å²) in [6, 6.07) is 8.45. The fourth-order valence-electron chi connectivity index (χ4n) is 2.35. The second-order valence-electron chi connectivity index (χ2n) is 5.24. The van der Waals surface area contributed by atoms with Gasteiger partial charge in [-0.25, -0.2) is 4.98 Å². The van der Waals surface area contributed by atoms with Crippen LogP contribution < -0.4 is 10.2 Å². The minimum Gasteiger partial charge on any atom is -0.321 e. The number of aromatic nitrogens is 1. The number of benzene rings is 1. The maximum atomic E-state index is 4.83. The number of nitrogens with zero attached hydrogens (tertiary/aromatic N) is 2. The minimum atomic E-state index is 0.927. The van der Waals surface area contributed by atoms with Gasteiger partial charge in [-0.1, -0.05) is 43.4 Å². The van der Waals surface area contributed by atoms with E-state index in [0.29, 0.717) is 0 Å². The summed E-state index contributed by atoms with van der Waals surface area (Å²) in [5.41, 5.74) is 3.72. The minimum absolute atomic E-state index is 0.927. The first-order chi connectivity index (χ1) is 10.2. The van der Waals surface area contributed by atoms with E-state index in [1.807, 2.05) is 0 Å². The Labute approximate surface area is 132 Å². The Kier molecular flexibility index (Phi) is 5.76. The van der Waals surface area contributed by atoms with E-state index in [-0.39, 0.29) is 0 Å². The quantitative estimate of drug-likeness (QED) is 0.774. The zero-order valence-electron chi connectivity index (χ0n) is 13.4. The molecule has 1 heterocycles. The van der Waals surface area contributed by atoms with Crippen molar-refractivity contribution >= 4 is 22.2 Å². The molecule has 0 aliphatic carbocycles. The fourth-order valence-corrected chi connectivity index (χ4v) is 3.44. The Balaban J connectivity index is 2.22. The van der Waals surface area contributed by atoms with Crippen LogP contribution in [0.15, 0.2) is 24.3 Å². The van der Waals surface area contributed by atoms with Crippen LogP contribution in [0.4, 0.5) is 10.8 Å². The van der Waals surface area contributed by atoms with Gasteiger partial charge in [0.05, 0.1) is 5.69 Å². The van der Waals surface area contributed by atoms with Crippen molar-refractivity contribution in [1.29, 1.82) is 0 Å². The molecule has 0 fully saturated rings. The molecule has 4 heteroatoms. The molecule has 1 N–H and O–H groups in total. The van der Waals surface area contributed by atoms with Crippen molar-refractivity contribution in [3.05, 3.63) is 40.4 Å². The highest BCUT2D eigenvalue weighted by Crippen LogP contribution is 2.32. The van der Waals surface area contributed by atoms with Crippen molar-refractivity contribution in [1.82, 2.24) is 10.3 Å². The van der Waals surface area contributed by atoms with Gasteiger partial charge in [0.1, 0.15) is 0 Å². The smallest absolute Gasteiger partial charge is 0.190 e. The zero-order valence-corrected chi connectivity index (χ0v) is 14.3. The molecule has 0 aliphatic heterocycles. The molecule has 0 amide bonds. The molecular formula is C17H25N3S. The Morgan fingerprint density at radius 1 is 1.24 bits per heavy atom. The summed E-state index contributed by atoms with van der Waals surface area (Å²) in [5.74, 6) is 0. The predicted molar refractivity (Wildman–Crippen MR) is 92.7 cm³/mol. The maximum Gasteiger partial charge on any atom is 0.190 e. The lowest BCUT2D eigenvalue weighted by molar-refractivity contribution is 0.676. The van der Waals surface area contributed by atoms with Gasteiger partial charge in [0.2, 0.25) is 0 Å². The number of para-hydroxylation sites is 1. The van der Waals surface area contributed by atoms with E-state index in [1.54, 1.807) is 11.3 Å². The molecule has 0 unspecified atom stereocenters. The third-order valence-electron chi connectivity index (χ3n) is 3.58. The molecule has 3 nitrogen and oxygen atoms in total. The first-order valence-corrected chi connectivity index (χ1v) is 8.47. The summed E-state index contributed by atoms with van der Waals surface area (Å²) < 4.78 is 0. The summed E-state index contributed by atoms with van der Waals surface area (Å²) in [6.45, 7) is 8.50. The predicted octanol–water partition coefficient (Wildman–Crippen LogP) is 4.28. The Morgan fingerprint density at radius 3 is 2.67 bits per heavy atom. The first kappa shape index (κ1) is 16.0. The van der Waals surface area contributed by atoms with E-state index in [9.17, 15) is 0 Å². The molecule has 21 heavy (non-hydrogen) atoms. The van der Waals surface area contributed by atoms with Gasteiger partial charge in [0, 0.05) is 24.2 Å². The van der Waals surface area contributed by atoms with Crippen molar-refractivity contribution in [3.8, 4) is 0 Å². The van der Waals surface area contributed by atoms with Crippen molar-refractivity contribution in [2.24, 2.45) is 0 Å². The van der Waals surface area contributed by atoms with Crippen molar-refractivity contribution in [3.63, 3.8) is 0 Å². The molecule has 1 aromatic heterocycles. The average Bonchev–Trinajstić information content (AvgIpc) is 2.90. The van der Waals surface area contributed by atoms with E-state index >= 15 is 0 Å². The summed E-state index contributed by atoms with van der Waals surface area (Å²) in [7, 11) is 2.10. The number of hydrogen-bond donors (Lipinski definition) is 1. The van der Waals surface area contributed by atoms with Crippen molar-refractivity contribution < 1.29 is 0 Å². The van der Waals surface area contributed by atoms with Crippen LogP contribution in [0.1, 0.15) is 36.4 Å². The molecule has 0 atom stereocenters. The van der Waals surface area contributed by atoms with Gasteiger partial charge in [-0.2, -0.15) is 0 Å². The molecule has 2 aromatic rings. The second kappa shape index (κ2) is 7.57.